The summed E-state index contributed by atoms with van der Waals surface area (Å²) in [6.45, 7) is 7.74. The Morgan fingerprint density at radius 2 is 1.86 bits per heavy atom. The van der Waals surface area contributed by atoms with E-state index in [2.05, 4.69) is 19.2 Å². The number of benzene rings is 1. The fourth-order valence-corrected chi connectivity index (χ4v) is 2.16. The molecule has 0 fully saturated rings. The van der Waals surface area contributed by atoms with E-state index in [0.717, 1.165) is 12.0 Å². The second kappa shape index (κ2) is 8.41. The fraction of sp³-hybridized carbons (Fsp3) is 0.529. The van der Waals surface area contributed by atoms with Crippen LogP contribution in [-0.2, 0) is 9.59 Å². The zero-order chi connectivity index (χ0) is 16.7. The second-order valence-electron chi connectivity index (χ2n) is 5.83. The average molecular weight is 306 g/mol. The Kier molecular flexibility index (Phi) is 6.89. The zero-order valence-corrected chi connectivity index (χ0v) is 13.8. The summed E-state index contributed by atoms with van der Waals surface area (Å²) in [6, 6.07) is 7.00. The van der Waals surface area contributed by atoms with E-state index in [1.165, 1.54) is 0 Å². The highest BCUT2D eigenvalue weighted by atomic mass is 16.5. The molecule has 0 bridgehead atoms. The van der Waals surface area contributed by atoms with Crippen molar-refractivity contribution >= 4 is 11.8 Å². The first-order valence-corrected chi connectivity index (χ1v) is 7.67. The number of hydrogen-bond acceptors (Lipinski definition) is 3. The van der Waals surface area contributed by atoms with E-state index in [1.807, 2.05) is 38.1 Å². The number of ether oxygens (including phenoxy) is 1. The van der Waals surface area contributed by atoms with E-state index in [9.17, 15) is 9.59 Å². The molecular weight excluding hydrogens is 280 g/mol. The molecule has 0 aliphatic heterocycles. The molecule has 22 heavy (non-hydrogen) atoms. The summed E-state index contributed by atoms with van der Waals surface area (Å²) in [7, 11) is 0. The average Bonchev–Trinajstić information content (AvgIpc) is 2.49. The Morgan fingerprint density at radius 1 is 1.23 bits per heavy atom. The molecule has 1 rings (SSSR count). The summed E-state index contributed by atoms with van der Waals surface area (Å²) in [4.78, 5) is 23.2. The van der Waals surface area contributed by atoms with Crippen molar-refractivity contribution < 1.29 is 14.3 Å². The Labute approximate surface area is 132 Å². The summed E-state index contributed by atoms with van der Waals surface area (Å²) in [5, 5.41) is 2.61. The van der Waals surface area contributed by atoms with Crippen LogP contribution < -0.4 is 15.8 Å². The molecule has 0 spiro atoms. The number of primary amides is 1. The van der Waals surface area contributed by atoms with Crippen molar-refractivity contribution in [3.05, 3.63) is 29.8 Å². The fourth-order valence-electron chi connectivity index (χ4n) is 2.16. The molecule has 0 saturated heterocycles. The molecular formula is C17H26N2O3. The number of nitrogens with two attached hydrogens (primary N) is 1. The van der Waals surface area contributed by atoms with Gasteiger partial charge in [0.15, 0.2) is 6.61 Å². The van der Waals surface area contributed by atoms with Gasteiger partial charge in [0, 0.05) is 0 Å². The van der Waals surface area contributed by atoms with Crippen molar-refractivity contribution in [1.29, 1.82) is 0 Å². The minimum Gasteiger partial charge on any atom is -0.483 e. The van der Waals surface area contributed by atoms with Crippen LogP contribution in [0.2, 0.25) is 0 Å². The van der Waals surface area contributed by atoms with Crippen molar-refractivity contribution in [3.63, 3.8) is 0 Å². The van der Waals surface area contributed by atoms with Crippen molar-refractivity contribution in [2.75, 3.05) is 6.61 Å². The summed E-state index contributed by atoms with van der Waals surface area (Å²) >= 11 is 0. The standard InChI is InChI=1S/C17H26N2O3/c1-5-12(4)13-8-6-7-9-14(13)22-10-15(20)19-16(11(2)3)17(18)21/h6-9,11-12,16H,5,10H2,1-4H3,(H2,18,21)(H,19,20)/t12-,16-/m1/s1. The number of amides is 2. The molecule has 5 nitrogen and oxygen atoms in total. The van der Waals surface area contributed by atoms with Gasteiger partial charge in [0.05, 0.1) is 0 Å². The zero-order valence-electron chi connectivity index (χ0n) is 13.8. The van der Waals surface area contributed by atoms with Crippen molar-refractivity contribution in [1.82, 2.24) is 5.32 Å². The summed E-state index contributed by atoms with van der Waals surface area (Å²) in [6.07, 6.45) is 0.990. The first kappa shape index (κ1) is 18.0. The molecule has 0 aliphatic carbocycles. The van der Waals surface area contributed by atoms with E-state index in [-0.39, 0.29) is 18.4 Å². The van der Waals surface area contributed by atoms with Crippen LogP contribution in [0, 0.1) is 5.92 Å². The van der Waals surface area contributed by atoms with E-state index >= 15 is 0 Å². The van der Waals surface area contributed by atoms with Gasteiger partial charge in [-0.1, -0.05) is 45.9 Å². The van der Waals surface area contributed by atoms with Gasteiger partial charge in [0.1, 0.15) is 11.8 Å². The molecule has 2 atom stereocenters. The largest absolute Gasteiger partial charge is 0.483 e. The van der Waals surface area contributed by atoms with Crippen LogP contribution in [0.4, 0.5) is 0 Å². The molecule has 5 heteroatoms. The molecule has 0 radical (unpaired) electrons. The first-order valence-electron chi connectivity index (χ1n) is 7.67. The van der Waals surface area contributed by atoms with Crippen LogP contribution in [0.1, 0.15) is 45.6 Å². The third-order valence-electron chi connectivity index (χ3n) is 3.71. The number of rotatable bonds is 8. The van der Waals surface area contributed by atoms with E-state index < -0.39 is 11.9 Å². The summed E-state index contributed by atoms with van der Waals surface area (Å²) in [5.41, 5.74) is 6.36. The number of carbonyl (C=O) groups is 2. The molecule has 2 amide bonds. The van der Waals surface area contributed by atoms with Gasteiger partial charge in [-0.2, -0.15) is 0 Å². The van der Waals surface area contributed by atoms with Crippen molar-refractivity contribution in [2.24, 2.45) is 11.7 Å². The maximum absolute atomic E-state index is 11.9. The predicted molar refractivity (Wildman–Crippen MR) is 86.6 cm³/mol. The van der Waals surface area contributed by atoms with Crippen LogP contribution >= 0.6 is 0 Å². The van der Waals surface area contributed by atoms with Crippen LogP contribution in [0.15, 0.2) is 24.3 Å². The van der Waals surface area contributed by atoms with Crippen LogP contribution in [-0.4, -0.2) is 24.5 Å². The SMILES string of the molecule is CC[C@@H](C)c1ccccc1OCC(=O)N[C@@H](C(N)=O)C(C)C. The molecule has 0 aromatic heterocycles. The third kappa shape index (κ3) is 5.06. The monoisotopic (exact) mass is 306 g/mol. The van der Waals surface area contributed by atoms with Gasteiger partial charge < -0.3 is 15.8 Å². The lowest BCUT2D eigenvalue weighted by Crippen LogP contribution is -2.49. The highest BCUT2D eigenvalue weighted by Gasteiger charge is 2.22. The van der Waals surface area contributed by atoms with E-state index in [1.54, 1.807) is 0 Å². The van der Waals surface area contributed by atoms with Gasteiger partial charge >= 0.3 is 0 Å². The number of para-hydroxylation sites is 1. The number of carbonyl (C=O) groups excluding carboxylic acids is 2. The quantitative estimate of drug-likeness (QED) is 0.772. The van der Waals surface area contributed by atoms with Gasteiger partial charge in [0.25, 0.3) is 5.91 Å². The van der Waals surface area contributed by atoms with Crippen LogP contribution in [0.5, 0.6) is 5.75 Å². The van der Waals surface area contributed by atoms with Crippen LogP contribution in [0.25, 0.3) is 0 Å². The maximum Gasteiger partial charge on any atom is 0.258 e. The maximum atomic E-state index is 11.9. The Balaban J connectivity index is 2.67. The molecule has 122 valence electrons. The molecule has 3 N–H and O–H groups in total. The van der Waals surface area contributed by atoms with Gasteiger partial charge in [0.2, 0.25) is 5.91 Å². The molecule has 0 aliphatic rings. The Morgan fingerprint density at radius 3 is 2.41 bits per heavy atom. The molecule has 1 aromatic carbocycles. The van der Waals surface area contributed by atoms with Crippen molar-refractivity contribution in [3.8, 4) is 5.75 Å². The summed E-state index contributed by atoms with van der Waals surface area (Å²) < 4.78 is 5.62. The van der Waals surface area contributed by atoms with E-state index in [4.69, 9.17) is 10.5 Å². The smallest absolute Gasteiger partial charge is 0.258 e. The normalized spacial score (nSPS) is 13.5. The Hall–Kier alpha value is -2.04. The first-order chi connectivity index (χ1) is 10.4. The minimum absolute atomic E-state index is 0.0613. The van der Waals surface area contributed by atoms with Gasteiger partial charge in [-0.3, -0.25) is 9.59 Å². The lowest BCUT2D eigenvalue weighted by Gasteiger charge is -2.20. The lowest BCUT2D eigenvalue weighted by molar-refractivity contribution is -0.129. The molecule has 0 unspecified atom stereocenters. The van der Waals surface area contributed by atoms with Gasteiger partial charge in [-0.05, 0) is 29.9 Å². The minimum atomic E-state index is -0.680. The highest BCUT2D eigenvalue weighted by molar-refractivity contribution is 5.87. The molecule has 0 heterocycles. The molecule has 1 aromatic rings. The predicted octanol–water partition coefficient (Wildman–Crippen LogP) is 2.20. The topological polar surface area (TPSA) is 81.4 Å². The third-order valence-corrected chi connectivity index (χ3v) is 3.71. The number of hydrogen-bond donors (Lipinski definition) is 2. The molecule has 0 saturated carbocycles. The highest BCUT2D eigenvalue weighted by Crippen LogP contribution is 2.28. The van der Waals surface area contributed by atoms with Crippen molar-refractivity contribution in [2.45, 2.75) is 46.1 Å². The second-order valence-corrected chi connectivity index (χ2v) is 5.83. The van der Waals surface area contributed by atoms with Crippen LogP contribution in [0.3, 0.4) is 0 Å². The van der Waals surface area contributed by atoms with Gasteiger partial charge in [-0.15, -0.1) is 0 Å². The van der Waals surface area contributed by atoms with Gasteiger partial charge in [-0.25, -0.2) is 0 Å². The summed E-state index contributed by atoms with van der Waals surface area (Å²) in [5.74, 6) is 0.106. The Bertz CT molecular complexity index is 514. The lowest BCUT2D eigenvalue weighted by atomic mass is 9.98. The number of nitrogens with one attached hydrogen (secondary N) is 1. The van der Waals surface area contributed by atoms with E-state index in [0.29, 0.717) is 11.7 Å².